The fraction of sp³-hybridized carbons (Fsp3) is 0.500. The van der Waals surface area contributed by atoms with E-state index in [1.165, 1.54) is 36.9 Å². The molecule has 112 valence electrons. The number of nitrogens with one attached hydrogen (secondary N) is 1. The molecule has 1 unspecified atom stereocenters. The molecule has 0 amide bonds. The smallest absolute Gasteiger partial charge is 0.0659 e. The highest BCUT2D eigenvalue weighted by Crippen LogP contribution is 2.36. The summed E-state index contributed by atoms with van der Waals surface area (Å²) in [5.41, 5.74) is 3.01. The molecule has 3 heteroatoms. The van der Waals surface area contributed by atoms with E-state index in [0.717, 1.165) is 6.54 Å². The van der Waals surface area contributed by atoms with Crippen LogP contribution in [-0.4, -0.2) is 15.8 Å². The van der Waals surface area contributed by atoms with Crippen molar-refractivity contribution >= 4 is 5.69 Å². The average Bonchev–Trinajstić information content (AvgIpc) is 2.93. The molecule has 3 rings (SSSR count). The van der Waals surface area contributed by atoms with Gasteiger partial charge in [-0.25, -0.2) is 0 Å². The van der Waals surface area contributed by atoms with Crippen LogP contribution in [0.1, 0.15) is 45.1 Å². The van der Waals surface area contributed by atoms with Crippen LogP contribution < -0.4 is 5.32 Å². The van der Waals surface area contributed by atoms with Gasteiger partial charge < -0.3 is 5.32 Å². The maximum absolute atomic E-state index is 4.24. The molecule has 1 atom stereocenters. The first-order valence-corrected chi connectivity index (χ1v) is 7.94. The number of nitrogens with zero attached hydrogens (tertiary/aromatic N) is 2. The van der Waals surface area contributed by atoms with Gasteiger partial charge in [-0.15, -0.1) is 0 Å². The summed E-state index contributed by atoms with van der Waals surface area (Å²) >= 11 is 0. The second-order valence-electron chi connectivity index (χ2n) is 7.00. The van der Waals surface area contributed by atoms with Crippen molar-refractivity contribution in [2.45, 2.75) is 52.1 Å². The molecule has 1 saturated carbocycles. The van der Waals surface area contributed by atoms with Crippen molar-refractivity contribution in [3.8, 4) is 0 Å². The Balaban J connectivity index is 1.59. The zero-order valence-electron chi connectivity index (χ0n) is 13.0. The quantitative estimate of drug-likeness (QED) is 0.906. The van der Waals surface area contributed by atoms with E-state index in [2.05, 4.69) is 48.5 Å². The highest BCUT2D eigenvalue weighted by molar-refractivity contribution is 5.45. The Hall–Kier alpha value is -1.77. The lowest BCUT2D eigenvalue weighted by atomic mass is 9.75. The molecule has 3 nitrogen and oxygen atoms in total. The van der Waals surface area contributed by atoms with Gasteiger partial charge in [0.1, 0.15) is 0 Å². The fourth-order valence-electron chi connectivity index (χ4n) is 3.34. The maximum Gasteiger partial charge on any atom is 0.0659 e. The van der Waals surface area contributed by atoms with Crippen LogP contribution in [-0.2, 0) is 6.54 Å². The third-order valence-electron chi connectivity index (χ3n) is 4.43. The minimum atomic E-state index is 0.482. The lowest BCUT2D eigenvalue weighted by Crippen LogP contribution is -2.31. The molecule has 0 spiro atoms. The molecule has 0 aliphatic heterocycles. The second-order valence-corrected chi connectivity index (χ2v) is 7.00. The van der Waals surface area contributed by atoms with Gasteiger partial charge in [0.15, 0.2) is 0 Å². The normalized spacial score (nSPS) is 21.1. The Labute approximate surface area is 127 Å². The number of anilines is 1. The third kappa shape index (κ3) is 3.87. The average molecular weight is 283 g/mol. The third-order valence-corrected chi connectivity index (χ3v) is 4.43. The van der Waals surface area contributed by atoms with Gasteiger partial charge in [-0.1, -0.05) is 32.4 Å². The van der Waals surface area contributed by atoms with E-state index < -0.39 is 0 Å². The Morgan fingerprint density at radius 1 is 1.29 bits per heavy atom. The summed E-state index contributed by atoms with van der Waals surface area (Å²) in [5, 5.41) is 7.94. The summed E-state index contributed by atoms with van der Waals surface area (Å²) in [5.74, 6) is 0. The minimum Gasteiger partial charge on any atom is -0.382 e. The van der Waals surface area contributed by atoms with Crippen molar-refractivity contribution in [3.05, 3.63) is 48.3 Å². The van der Waals surface area contributed by atoms with Gasteiger partial charge in [-0.2, -0.15) is 5.10 Å². The molecular weight excluding hydrogens is 258 g/mol. The van der Waals surface area contributed by atoms with Crippen LogP contribution in [0.3, 0.4) is 0 Å². The van der Waals surface area contributed by atoms with E-state index in [0.29, 0.717) is 11.5 Å². The summed E-state index contributed by atoms with van der Waals surface area (Å²) in [4.78, 5) is 0. The predicted octanol–water partition coefficient (Wildman–Crippen LogP) is 4.31. The molecule has 0 saturated heterocycles. The van der Waals surface area contributed by atoms with Crippen LogP contribution >= 0.6 is 0 Å². The van der Waals surface area contributed by atoms with Crippen molar-refractivity contribution in [1.29, 1.82) is 0 Å². The molecule has 1 heterocycles. The molecule has 1 aromatic heterocycles. The molecule has 1 aliphatic carbocycles. The van der Waals surface area contributed by atoms with Gasteiger partial charge in [-0.3, -0.25) is 4.68 Å². The summed E-state index contributed by atoms with van der Waals surface area (Å²) < 4.78 is 1.95. The largest absolute Gasteiger partial charge is 0.382 e. The van der Waals surface area contributed by atoms with Crippen LogP contribution in [0.25, 0.3) is 0 Å². The molecule has 2 aromatic rings. The van der Waals surface area contributed by atoms with Gasteiger partial charge >= 0.3 is 0 Å². The molecule has 0 radical (unpaired) electrons. The van der Waals surface area contributed by atoms with Gasteiger partial charge in [0, 0.05) is 24.1 Å². The topological polar surface area (TPSA) is 29.9 Å². The number of hydrogen-bond acceptors (Lipinski definition) is 2. The zero-order valence-corrected chi connectivity index (χ0v) is 13.0. The van der Waals surface area contributed by atoms with Gasteiger partial charge in [-0.05, 0) is 48.4 Å². The highest BCUT2D eigenvalue weighted by Gasteiger charge is 2.27. The number of benzene rings is 1. The Kier molecular flexibility index (Phi) is 4.00. The van der Waals surface area contributed by atoms with Crippen LogP contribution in [0.15, 0.2) is 42.7 Å². The number of hydrogen-bond donors (Lipinski definition) is 1. The van der Waals surface area contributed by atoms with Crippen molar-refractivity contribution < 1.29 is 0 Å². The first kappa shape index (κ1) is 14.2. The monoisotopic (exact) mass is 283 g/mol. The molecular formula is C18H25N3. The van der Waals surface area contributed by atoms with Gasteiger partial charge in [0.25, 0.3) is 0 Å². The first-order valence-electron chi connectivity index (χ1n) is 7.94. The van der Waals surface area contributed by atoms with Crippen LogP contribution in [0.5, 0.6) is 0 Å². The van der Waals surface area contributed by atoms with E-state index in [-0.39, 0.29) is 0 Å². The SMILES string of the molecule is CC1(C)CCCC(Nc2ccc(Cn3cccn3)cc2)C1. The Morgan fingerprint density at radius 2 is 2.10 bits per heavy atom. The van der Waals surface area contributed by atoms with Crippen molar-refractivity contribution in [2.24, 2.45) is 5.41 Å². The Morgan fingerprint density at radius 3 is 2.76 bits per heavy atom. The molecule has 21 heavy (non-hydrogen) atoms. The van der Waals surface area contributed by atoms with Crippen LogP contribution in [0.4, 0.5) is 5.69 Å². The van der Waals surface area contributed by atoms with Gasteiger partial charge in [0.2, 0.25) is 0 Å². The van der Waals surface area contributed by atoms with Crippen LogP contribution in [0, 0.1) is 5.41 Å². The molecule has 1 aliphatic rings. The predicted molar refractivity (Wildman–Crippen MR) is 87.4 cm³/mol. The molecule has 0 bridgehead atoms. The number of rotatable bonds is 4. The lowest BCUT2D eigenvalue weighted by molar-refractivity contribution is 0.229. The van der Waals surface area contributed by atoms with Gasteiger partial charge in [0.05, 0.1) is 6.54 Å². The van der Waals surface area contributed by atoms with E-state index in [9.17, 15) is 0 Å². The van der Waals surface area contributed by atoms with Crippen molar-refractivity contribution in [2.75, 3.05) is 5.32 Å². The second kappa shape index (κ2) is 5.92. The lowest BCUT2D eigenvalue weighted by Gasteiger charge is -2.36. The maximum atomic E-state index is 4.24. The highest BCUT2D eigenvalue weighted by atomic mass is 15.3. The summed E-state index contributed by atoms with van der Waals surface area (Å²) in [6.07, 6.45) is 9.06. The summed E-state index contributed by atoms with van der Waals surface area (Å²) in [6, 6.07) is 11.4. The van der Waals surface area contributed by atoms with Crippen LogP contribution in [0.2, 0.25) is 0 Å². The first-order chi connectivity index (χ1) is 10.1. The Bertz CT molecular complexity index is 555. The van der Waals surface area contributed by atoms with Crippen molar-refractivity contribution in [3.63, 3.8) is 0 Å². The van der Waals surface area contributed by atoms with E-state index >= 15 is 0 Å². The van der Waals surface area contributed by atoms with E-state index in [1.54, 1.807) is 0 Å². The fourth-order valence-corrected chi connectivity index (χ4v) is 3.34. The molecule has 1 fully saturated rings. The van der Waals surface area contributed by atoms with Crippen molar-refractivity contribution in [1.82, 2.24) is 9.78 Å². The summed E-state index contributed by atoms with van der Waals surface area (Å²) in [7, 11) is 0. The molecule has 1 N–H and O–H groups in total. The molecule has 1 aromatic carbocycles. The zero-order chi connectivity index (χ0) is 14.7. The minimum absolute atomic E-state index is 0.482. The number of aromatic nitrogens is 2. The summed E-state index contributed by atoms with van der Waals surface area (Å²) in [6.45, 7) is 5.60. The van der Waals surface area contributed by atoms with E-state index in [1.807, 2.05) is 23.1 Å². The standard InChI is InChI=1S/C18H25N3/c1-18(2)10-3-5-17(13-18)20-16-8-6-15(7-9-16)14-21-12-4-11-19-21/h4,6-9,11-12,17,20H,3,5,10,13-14H2,1-2H3. The van der Waals surface area contributed by atoms with E-state index in [4.69, 9.17) is 0 Å².